The number of hydrogen-bond donors (Lipinski definition) is 2. The van der Waals surface area contributed by atoms with Gasteiger partial charge in [0.1, 0.15) is 5.82 Å². The van der Waals surface area contributed by atoms with Gasteiger partial charge in [-0.1, -0.05) is 6.07 Å². The van der Waals surface area contributed by atoms with Crippen LogP contribution in [-0.4, -0.2) is 47.4 Å². The Hall–Kier alpha value is -1.66. The maximum atomic E-state index is 12.8. The van der Waals surface area contributed by atoms with Crippen molar-refractivity contribution < 1.29 is 9.59 Å². The van der Waals surface area contributed by atoms with Crippen LogP contribution < -0.4 is 10.6 Å². The Labute approximate surface area is 161 Å². The number of nitrogens with zero attached hydrogens (tertiary/aromatic N) is 2. The van der Waals surface area contributed by atoms with Crippen LogP contribution in [-0.2, 0) is 9.59 Å². The fourth-order valence-corrected chi connectivity index (χ4v) is 3.78. The molecule has 2 aliphatic rings. The number of carbonyl (C=O) groups excluding carboxylic acids is 2. The second kappa shape index (κ2) is 9.33. The Morgan fingerprint density at radius 1 is 1.27 bits per heavy atom. The standard InChI is InChI=1S/C19H28N4O2.ClH/c1-13-5-6-17(21-11-13)22-18(24)16-4-3-9-23(12-16)19(25)15-7-8-20-14(2)10-15;/h5-6,11,14-16,20H,3-4,7-10,12H2,1-2H3,(H,21,22,24);1H/t14-,15-,16?;/m0./s1. The minimum absolute atomic E-state index is 0. The van der Waals surface area contributed by atoms with Crippen LogP contribution >= 0.6 is 12.4 Å². The third-order valence-corrected chi connectivity index (χ3v) is 5.24. The van der Waals surface area contributed by atoms with Crippen LogP contribution in [0.15, 0.2) is 18.3 Å². The predicted octanol–water partition coefficient (Wildman–Crippen LogP) is 2.38. The number of anilines is 1. The highest BCUT2D eigenvalue weighted by Gasteiger charge is 2.33. The summed E-state index contributed by atoms with van der Waals surface area (Å²) in [5.74, 6) is 0.704. The molecule has 6 nitrogen and oxygen atoms in total. The van der Waals surface area contributed by atoms with Crippen LogP contribution in [0.4, 0.5) is 5.82 Å². The third kappa shape index (κ3) is 5.17. The van der Waals surface area contributed by atoms with E-state index in [1.165, 1.54) is 0 Å². The number of piperidine rings is 2. The molecule has 0 aliphatic carbocycles. The molecule has 0 aromatic carbocycles. The van der Waals surface area contributed by atoms with Crippen molar-refractivity contribution in [3.8, 4) is 0 Å². The molecule has 0 spiro atoms. The van der Waals surface area contributed by atoms with Crippen molar-refractivity contribution in [3.63, 3.8) is 0 Å². The molecule has 1 aromatic rings. The lowest BCUT2D eigenvalue weighted by atomic mass is 9.90. The number of hydrogen-bond acceptors (Lipinski definition) is 4. The molecule has 1 unspecified atom stereocenters. The number of halogens is 1. The smallest absolute Gasteiger partial charge is 0.230 e. The molecule has 2 N–H and O–H groups in total. The van der Waals surface area contributed by atoms with Gasteiger partial charge in [0.15, 0.2) is 0 Å². The minimum Gasteiger partial charge on any atom is -0.342 e. The number of carbonyl (C=O) groups is 2. The number of aromatic nitrogens is 1. The number of aryl methyl sites for hydroxylation is 1. The van der Waals surface area contributed by atoms with Gasteiger partial charge in [-0.2, -0.15) is 0 Å². The van der Waals surface area contributed by atoms with Crippen molar-refractivity contribution in [1.82, 2.24) is 15.2 Å². The van der Waals surface area contributed by atoms with Gasteiger partial charge in [-0.25, -0.2) is 4.98 Å². The Morgan fingerprint density at radius 3 is 2.77 bits per heavy atom. The van der Waals surface area contributed by atoms with Gasteiger partial charge in [0.2, 0.25) is 11.8 Å². The summed E-state index contributed by atoms with van der Waals surface area (Å²) in [6.45, 7) is 6.28. The summed E-state index contributed by atoms with van der Waals surface area (Å²) in [7, 11) is 0. The monoisotopic (exact) mass is 380 g/mol. The largest absolute Gasteiger partial charge is 0.342 e. The summed E-state index contributed by atoms with van der Waals surface area (Å²) in [6.07, 6.45) is 5.23. The number of pyridine rings is 1. The highest BCUT2D eigenvalue weighted by molar-refractivity contribution is 5.92. The SMILES string of the molecule is Cc1ccc(NC(=O)C2CCCN(C(=O)[C@H]3CCN[C@@H](C)C3)C2)nc1.Cl. The van der Waals surface area contributed by atoms with Gasteiger partial charge in [-0.05, 0) is 57.7 Å². The second-order valence-electron chi connectivity index (χ2n) is 7.41. The van der Waals surface area contributed by atoms with Crippen molar-refractivity contribution in [2.45, 2.75) is 45.6 Å². The van der Waals surface area contributed by atoms with Crippen molar-refractivity contribution in [2.24, 2.45) is 11.8 Å². The molecule has 3 heterocycles. The summed E-state index contributed by atoms with van der Waals surface area (Å²) in [4.78, 5) is 31.5. The van der Waals surface area contributed by atoms with Crippen molar-refractivity contribution in [3.05, 3.63) is 23.9 Å². The molecule has 2 saturated heterocycles. The first kappa shape index (κ1) is 20.6. The van der Waals surface area contributed by atoms with Crippen molar-refractivity contribution in [1.29, 1.82) is 0 Å². The molecule has 2 amide bonds. The van der Waals surface area contributed by atoms with E-state index >= 15 is 0 Å². The molecule has 7 heteroatoms. The first-order valence-corrected chi connectivity index (χ1v) is 9.28. The number of nitrogens with one attached hydrogen (secondary N) is 2. The molecular weight excluding hydrogens is 352 g/mol. The Kier molecular flexibility index (Phi) is 7.41. The van der Waals surface area contributed by atoms with Crippen LogP contribution in [0.3, 0.4) is 0 Å². The lowest BCUT2D eigenvalue weighted by Gasteiger charge is -2.36. The zero-order valence-electron chi connectivity index (χ0n) is 15.5. The van der Waals surface area contributed by atoms with Gasteiger partial charge in [0.05, 0.1) is 5.92 Å². The van der Waals surface area contributed by atoms with Crippen molar-refractivity contribution in [2.75, 3.05) is 25.0 Å². The van der Waals surface area contributed by atoms with E-state index in [2.05, 4.69) is 22.5 Å². The first-order chi connectivity index (χ1) is 12.0. The summed E-state index contributed by atoms with van der Waals surface area (Å²) in [5.41, 5.74) is 1.06. The quantitative estimate of drug-likeness (QED) is 0.844. The van der Waals surface area contributed by atoms with E-state index in [9.17, 15) is 9.59 Å². The fourth-order valence-electron chi connectivity index (χ4n) is 3.78. The molecule has 26 heavy (non-hydrogen) atoms. The fraction of sp³-hybridized carbons (Fsp3) is 0.632. The zero-order valence-corrected chi connectivity index (χ0v) is 16.3. The summed E-state index contributed by atoms with van der Waals surface area (Å²) in [5, 5.41) is 6.27. The van der Waals surface area contributed by atoms with Crippen molar-refractivity contribution >= 4 is 30.0 Å². The Balaban J connectivity index is 0.00000243. The van der Waals surface area contributed by atoms with E-state index in [1.807, 2.05) is 24.0 Å². The normalized spacial score (nSPS) is 25.9. The predicted molar refractivity (Wildman–Crippen MR) is 104 cm³/mol. The van der Waals surface area contributed by atoms with Crippen LogP contribution in [0.2, 0.25) is 0 Å². The van der Waals surface area contributed by atoms with Gasteiger partial charge in [-0.3, -0.25) is 9.59 Å². The van der Waals surface area contributed by atoms with E-state index in [0.29, 0.717) is 18.4 Å². The molecule has 2 fully saturated rings. The topological polar surface area (TPSA) is 74.3 Å². The van der Waals surface area contributed by atoms with E-state index in [-0.39, 0.29) is 36.1 Å². The molecule has 1 aromatic heterocycles. The van der Waals surface area contributed by atoms with Gasteiger partial charge in [0, 0.05) is 31.2 Å². The molecule has 3 rings (SSSR count). The zero-order chi connectivity index (χ0) is 17.8. The minimum atomic E-state index is -0.153. The molecule has 2 aliphatic heterocycles. The van der Waals surface area contributed by atoms with E-state index in [0.717, 1.165) is 44.3 Å². The average Bonchev–Trinajstić information content (AvgIpc) is 2.63. The van der Waals surface area contributed by atoms with Gasteiger partial charge < -0.3 is 15.5 Å². The molecule has 144 valence electrons. The summed E-state index contributed by atoms with van der Waals surface area (Å²) >= 11 is 0. The van der Waals surface area contributed by atoms with Crippen LogP contribution in [0.1, 0.15) is 38.2 Å². The molecule has 0 saturated carbocycles. The highest BCUT2D eigenvalue weighted by Crippen LogP contribution is 2.24. The lowest BCUT2D eigenvalue weighted by Crippen LogP contribution is -2.49. The van der Waals surface area contributed by atoms with E-state index < -0.39 is 0 Å². The van der Waals surface area contributed by atoms with Gasteiger partial charge >= 0.3 is 0 Å². The number of rotatable bonds is 3. The molecular formula is C19H29ClN4O2. The first-order valence-electron chi connectivity index (χ1n) is 9.28. The third-order valence-electron chi connectivity index (χ3n) is 5.24. The van der Waals surface area contributed by atoms with Crippen LogP contribution in [0, 0.1) is 18.8 Å². The van der Waals surface area contributed by atoms with Gasteiger partial charge in [-0.15, -0.1) is 12.4 Å². The maximum absolute atomic E-state index is 12.8. The number of likely N-dealkylation sites (tertiary alicyclic amines) is 1. The van der Waals surface area contributed by atoms with E-state index in [4.69, 9.17) is 0 Å². The second-order valence-corrected chi connectivity index (χ2v) is 7.41. The average molecular weight is 381 g/mol. The molecule has 3 atom stereocenters. The van der Waals surface area contributed by atoms with Crippen LogP contribution in [0.25, 0.3) is 0 Å². The lowest BCUT2D eigenvalue weighted by molar-refractivity contribution is -0.139. The molecule has 0 bridgehead atoms. The van der Waals surface area contributed by atoms with Gasteiger partial charge in [0.25, 0.3) is 0 Å². The van der Waals surface area contributed by atoms with E-state index in [1.54, 1.807) is 6.20 Å². The van der Waals surface area contributed by atoms with Crippen LogP contribution in [0.5, 0.6) is 0 Å². The summed E-state index contributed by atoms with van der Waals surface area (Å²) in [6, 6.07) is 4.13. The Morgan fingerprint density at radius 2 is 2.08 bits per heavy atom. The Bertz CT molecular complexity index is 622. The maximum Gasteiger partial charge on any atom is 0.230 e. The highest BCUT2D eigenvalue weighted by atomic mass is 35.5. The summed E-state index contributed by atoms with van der Waals surface area (Å²) < 4.78 is 0. The molecule has 0 radical (unpaired) electrons. The number of amides is 2.